The molecule has 3 heteroatoms. The van der Waals surface area contributed by atoms with Gasteiger partial charge in [0.15, 0.2) is 5.78 Å². The van der Waals surface area contributed by atoms with Crippen molar-refractivity contribution in [3.8, 4) is 0 Å². The highest BCUT2D eigenvalue weighted by molar-refractivity contribution is 5.97. The van der Waals surface area contributed by atoms with E-state index in [0.717, 1.165) is 38.3 Å². The van der Waals surface area contributed by atoms with Crippen LogP contribution in [-0.2, 0) is 4.74 Å². The van der Waals surface area contributed by atoms with Gasteiger partial charge in [-0.1, -0.05) is 12.1 Å². The predicted molar refractivity (Wildman–Crippen MR) is 72.1 cm³/mol. The molecule has 0 aromatic heterocycles. The van der Waals surface area contributed by atoms with Gasteiger partial charge in [0, 0.05) is 25.3 Å². The van der Waals surface area contributed by atoms with Crippen LogP contribution in [0.3, 0.4) is 0 Å². The van der Waals surface area contributed by atoms with Gasteiger partial charge in [0.1, 0.15) is 0 Å². The first-order valence-electron chi connectivity index (χ1n) is 6.57. The third kappa shape index (κ3) is 3.40. The van der Waals surface area contributed by atoms with Crippen molar-refractivity contribution in [2.45, 2.75) is 20.3 Å². The van der Waals surface area contributed by atoms with Crippen LogP contribution >= 0.6 is 0 Å². The molecule has 1 aromatic rings. The summed E-state index contributed by atoms with van der Waals surface area (Å²) in [5.41, 5.74) is 3.23. The fraction of sp³-hybridized carbons (Fsp3) is 0.533. The number of aryl methyl sites for hydroxylation is 2. The third-order valence-corrected chi connectivity index (χ3v) is 3.51. The first kappa shape index (κ1) is 13.2. The Morgan fingerprint density at radius 1 is 1.22 bits per heavy atom. The lowest BCUT2D eigenvalue weighted by atomic mass is 10.0. The van der Waals surface area contributed by atoms with E-state index >= 15 is 0 Å². The van der Waals surface area contributed by atoms with Crippen molar-refractivity contribution < 1.29 is 9.53 Å². The number of hydrogen-bond donors (Lipinski definition) is 0. The highest BCUT2D eigenvalue weighted by Crippen LogP contribution is 2.11. The van der Waals surface area contributed by atoms with Gasteiger partial charge >= 0.3 is 0 Å². The maximum Gasteiger partial charge on any atom is 0.176 e. The molecule has 1 aromatic carbocycles. The Hall–Kier alpha value is -1.19. The lowest BCUT2D eigenvalue weighted by Gasteiger charge is -2.18. The number of hydrogen-bond acceptors (Lipinski definition) is 3. The molecular formula is C15H21NO2. The van der Waals surface area contributed by atoms with Crippen LogP contribution in [0.15, 0.2) is 18.2 Å². The van der Waals surface area contributed by atoms with Gasteiger partial charge in [0.25, 0.3) is 0 Å². The van der Waals surface area contributed by atoms with Gasteiger partial charge < -0.3 is 4.74 Å². The number of benzene rings is 1. The van der Waals surface area contributed by atoms with E-state index in [1.165, 1.54) is 11.1 Å². The summed E-state index contributed by atoms with van der Waals surface area (Å²) in [6.45, 7) is 7.98. The fourth-order valence-corrected chi connectivity index (χ4v) is 2.17. The quantitative estimate of drug-likeness (QED) is 0.767. The Balaban J connectivity index is 1.99. The van der Waals surface area contributed by atoms with Crippen molar-refractivity contribution in [3.63, 3.8) is 0 Å². The lowest BCUT2D eigenvalue weighted by molar-refractivity contribution is 0.0922. The van der Waals surface area contributed by atoms with Crippen molar-refractivity contribution in [3.05, 3.63) is 34.9 Å². The van der Waals surface area contributed by atoms with Gasteiger partial charge in [0.2, 0.25) is 0 Å². The molecule has 0 aliphatic carbocycles. The first-order valence-corrected chi connectivity index (χ1v) is 6.57. The lowest BCUT2D eigenvalue weighted by Crippen LogP contribution is -2.32. The van der Waals surface area contributed by atoms with E-state index in [1.54, 1.807) is 0 Å². The minimum absolute atomic E-state index is 0.208. The number of nitrogens with zero attached hydrogens (tertiary/aromatic N) is 1. The Bertz CT molecular complexity index is 421. The number of carbonyl (C=O) groups is 1. The Kier molecular flexibility index (Phi) is 4.50. The van der Waals surface area contributed by atoms with Crippen LogP contribution in [0.25, 0.3) is 0 Å². The number of ether oxygens (including phenoxy) is 1. The minimum Gasteiger partial charge on any atom is -0.380 e. The molecule has 0 unspecified atom stereocenters. The molecule has 1 aliphatic heterocycles. The smallest absolute Gasteiger partial charge is 0.176 e. The summed E-state index contributed by atoms with van der Waals surface area (Å²) in [4.78, 5) is 14.4. The molecule has 0 saturated carbocycles. The molecule has 0 N–H and O–H groups in total. The summed E-state index contributed by atoms with van der Waals surface area (Å²) in [6.07, 6.45) is 1.01. The van der Waals surface area contributed by atoms with E-state index in [0.29, 0.717) is 6.54 Å². The van der Waals surface area contributed by atoms with Crippen LogP contribution in [0.1, 0.15) is 27.9 Å². The zero-order valence-electron chi connectivity index (χ0n) is 11.2. The highest BCUT2D eigenvalue weighted by atomic mass is 16.5. The van der Waals surface area contributed by atoms with Crippen molar-refractivity contribution in [2.24, 2.45) is 0 Å². The average molecular weight is 247 g/mol. The molecule has 98 valence electrons. The first-order chi connectivity index (χ1) is 8.66. The molecular weight excluding hydrogens is 226 g/mol. The number of rotatable bonds is 3. The molecule has 0 bridgehead atoms. The van der Waals surface area contributed by atoms with Crippen molar-refractivity contribution in [2.75, 3.05) is 32.8 Å². The predicted octanol–water partition coefficient (Wildman–Crippen LogP) is 2.21. The molecule has 2 rings (SSSR count). The van der Waals surface area contributed by atoms with Gasteiger partial charge in [-0.05, 0) is 37.5 Å². The summed E-state index contributed by atoms with van der Waals surface area (Å²) >= 11 is 0. The van der Waals surface area contributed by atoms with E-state index < -0.39 is 0 Å². The van der Waals surface area contributed by atoms with Crippen LogP contribution in [0.2, 0.25) is 0 Å². The van der Waals surface area contributed by atoms with Crippen LogP contribution < -0.4 is 0 Å². The summed E-state index contributed by atoms with van der Waals surface area (Å²) in [5, 5.41) is 0. The summed E-state index contributed by atoms with van der Waals surface area (Å²) in [6, 6.07) is 5.94. The van der Waals surface area contributed by atoms with Crippen LogP contribution in [0.5, 0.6) is 0 Å². The number of ketones is 1. The molecule has 18 heavy (non-hydrogen) atoms. The Morgan fingerprint density at radius 2 is 2.06 bits per heavy atom. The second-order valence-corrected chi connectivity index (χ2v) is 4.96. The third-order valence-electron chi connectivity index (χ3n) is 3.51. The Labute approximate surface area is 109 Å². The summed E-state index contributed by atoms with van der Waals surface area (Å²) in [5.74, 6) is 0.208. The Morgan fingerprint density at radius 3 is 2.83 bits per heavy atom. The van der Waals surface area contributed by atoms with Gasteiger partial charge in [-0.3, -0.25) is 9.69 Å². The van der Waals surface area contributed by atoms with Gasteiger partial charge in [-0.2, -0.15) is 0 Å². The average Bonchev–Trinajstić information content (AvgIpc) is 2.61. The second kappa shape index (κ2) is 6.12. The van der Waals surface area contributed by atoms with Crippen molar-refractivity contribution >= 4 is 5.78 Å². The molecule has 1 aliphatic rings. The van der Waals surface area contributed by atoms with Crippen molar-refractivity contribution in [1.82, 2.24) is 4.90 Å². The van der Waals surface area contributed by atoms with E-state index in [9.17, 15) is 4.79 Å². The highest BCUT2D eigenvalue weighted by Gasteiger charge is 2.14. The molecule has 0 radical (unpaired) electrons. The fourth-order valence-electron chi connectivity index (χ4n) is 2.17. The van der Waals surface area contributed by atoms with E-state index in [4.69, 9.17) is 4.74 Å². The molecule has 0 spiro atoms. The van der Waals surface area contributed by atoms with E-state index in [-0.39, 0.29) is 5.78 Å². The number of carbonyl (C=O) groups excluding carboxylic acids is 1. The molecule has 3 nitrogen and oxygen atoms in total. The normalized spacial score (nSPS) is 17.4. The van der Waals surface area contributed by atoms with Crippen LogP contribution in [0.4, 0.5) is 0 Å². The topological polar surface area (TPSA) is 29.5 Å². The van der Waals surface area contributed by atoms with E-state index in [2.05, 4.69) is 11.8 Å². The second-order valence-electron chi connectivity index (χ2n) is 4.96. The van der Waals surface area contributed by atoms with E-state index in [1.807, 2.05) is 25.1 Å². The summed E-state index contributed by atoms with van der Waals surface area (Å²) in [7, 11) is 0. The minimum atomic E-state index is 0.208. The maximum absolute atomic E-state index is 12.2. The molecule has 0 amide bonds. The standard InChI is InChI=1S/C15H21NO2/c1-12-4-5-14(10-13(12)2)15(17)11-16-6-3-8-18-9-7-16/h4-5,10H,3,6-9,11H2,1-2H3. The maximum atomic E-state index is 12.2. The van der Waals surface area contributed by atoms with Crippen molar-refractivity contribution in [1.29, 1.82) is 0 Å². The summed E-state index contributed by atoms with van der Waals surface area (Å²) < 4.78 is 5.39. The van der Waals surface area contributed by atoms with Crippen LogP contribution in [-0.4, -0.2) is 43.5 Å². The monoisotopic (exact) mass is 247 g/mol. The van der Waals surface area contributed by atoms with Gasteiger partial charge in [-0.15, -0.1) is 0 Å². The van der Waals surface area contributed by atoms with Crippen LogP contribution in [0, 0.1) is 13.8 Å². The van der Waals surface area contributed by atoms with Gasteiger partial charge in [0.05, 0.1) is 13.2 Å². The SMILES string of the molecule is Cc1ccc(C(=O)CN2CCCOCC2)cc1C. The number of Topliss-reactive ketones (excluding diaryl/α,β-unsaturated/α-hetero) is 1. The zero-order chi connectivity index (χ0) is 13.0. The zero-order valence-corrected chi connectivity index (χ0v) is 11.2. The molecule has 0 atom stereocenters. The molecule has 1 saturated heterocycles. The van der Waals surface area contributed by atoms with Gasteiger partial charge in [-0.25, -0.2) is 0 Å². The molecule has 1 heterocycles. The largest absolute Gasteiger partial charge is 0.380 e. The molecule has 1 fully saturated rings.